The Kier molecular flexibility index (Phi) is 8.84. The van der Waals surface area contributed by atoms with E-state index < -0.39 is 17.8 Å². The smallest absolute Gasteiger partial charge is 0.254 e. The lowest BCUT2D eigenvalue weighted by Crippen LogP contribution is -2.52. The molecule has 12 heteroatoms. The number of aliphatic hydroxyl groups excluding tert-OH is 1. The zero-order chi connectivity index (χ0) is 31.6. The lowest BCUT2D eigenvalue weighted by Gasteiger charge is -2.35. The van der Waals surface area contributed by atoms with Crippen LogP contribution in [-0.2, 0) is 4.79 Å². The second kappa shape index (κ2) is 12.6. The maximum Gasteiger partial charge on any atom is 0.254 e. The van der Waals surface area contributed by atoms with Crippen LogP contribution in [0.3, 0.4) is 0 Å². The number of quaternary nitrogens is 1. The largest absolute Gasteiger partial charge is 0.494 e. The summed E-state index contributed by atoms with van der Waals surface area (Å²) in [6.07, 6.45) is 4.50. The molecule has 11 nitrogen and oxygen atoms in total. The quantitative estimate of drug-likeness (QED) is 0.251. The van der Waals surface area contributed by atoms with Crippen molar-refractivity contribution in [3.63, 3.8) is 0 Å². The normalized spacial score (nSPS) is 17.0. The molecule has 0 radical (unpaired) electrons. The van der Waals surface area contributed by atoms with Gasteiger partial charge in [-0.25, -0.2) is 14.4 Å². The fourth-order valence-corrected chi connectivity index (χ4v) is 5.40. The summed E-state index contributed by atoms with van der Waals surface area (Å²) < 4.78 is 21.9. The number of anilines is 2. The Labute approximate surface area is 255 Å². The van der Waals surface area contributed by atoms with Crippen molar-refractivity contribution in [2.45, 2.75) is 19.4 Å². The Morgan fingerprint density at radius 2 is 1.95 bits per heavy atom. The van der Waals surface area contributed by atoms with E-state index in [2.05, 4.69) is 41.7 Å². The molecule has 0 aliphatic carbocycles. The van der Waals surface area contributed by atoms with Gasteiger partial charge in [-0.05, 0) is 55.3 Å². The van der Waals surface area contributed by atoms with Crippen molar-refractivity contribution in [2.24, 2.45) is 5.92 Å². The molecule has 1 fully saturated rings. The average molecular weight is 605 g/mol. The summed E-state index contributed by atoms with van der Waals surface area (Å²) in [7, 11) is 7.58. The predicted molar refractivity (Wildman–Crippen MR) is 165 cm³/mol. The van der Waals surface area contributed by atoms with E-state index in [4.69, 9.17) is 4.74 Å². The Hall–Kier alpha value is -4.55. The molecule has 1 aliphatic rings. The van der Waals surface area contributed by atoms with Crippen molar-refractivity contribution in [3.8, 4) is 17.0 Å². The summed E-state index contributed by atoms with van der Waals surface area (Å²) >= 11 is 0. The highest BCUT2D eigenvalue weighted by Crippen LogP contribution is 2.29. The van der Waals surface area contributed by atoms with Crippen LogP contribution in [0.25, 0.3) is 16.9 Å². The van der Waals surface area contributed by atoms with Gasteiger partial charge < -0.3 is 29.9 Å². The van der Waals surface area contributed by atoms with Crippen molar-refractivity contribution in [1.29, 1.82) is 0 Å². The lowest BCUT2D eigenvalue weighted by atomic mass is 9.92. The highest BCUT2D eigenvalue weighted by Gasteiger charge is 2.35. The summed E-state index contributed by atoms with van der Waals surface area (Å²) in [6.45, 7) is 3.64. The number of halogens is 1. The first-order chi connectivity index (χ1) is 20.9. The second-order valence-corrected chi connectivity index (χ2v) is 12.1. The first-order valence-corrected chi connectivity index (χ1v) is 14.5. The standard InChI is InChI=1S/C32H38FN7O4/c1-20-16-22(37-29-30-36-18-26(39(30)14-11-34-29)21-6-9-28(44-5)25(33)17-21)7-8-23(20)32(43)38-13-10-24(27(41)19-38)31(42)35-12-15-40(2,3)4/h6-9,11,14,16-18,24,27,41H,10,12-13,15,19H2,1-5H3,(H-,34,35,37,42,43)/p+1/t24-,27-/m1/s1. The van der Waals surface area contributed by atoms with Crippen LogP contribution in [-0.4, -0.2) is 101 Å². The SMILES string of the molecule is COc1ccc(-c2cnc3c(Nc4ccc(C(=O)N5CC[C@@H](C(=O)NCC[N+](C)(C)C)[C@H](O)C5)c(C)c4)nccn23)cc1F. The molecule has 0 unspecified atom stereocenters. The molecule has 3 heterocycles. The number of likely N-dealkylation sites (tertiary alicyclic amines) is 1. The zero-order valence-electron chi connectivity index (χ0n) is 25.7. The molecule has 2 aromatic carbocycles. The number of imidazole rings is 1. The van der Waals surface area contributed by atoms with Gasteiger partial charge in [0.05, 0.1) is 65.3 Å². The number of hydrogen-bond acceptors (Lipinski definition) is 7. The maximum absolute atomic E-state index is 14.4. The van der Waals surface area contributed by atoms with Gasteiger partial charge in [0.15, 0.2) is 23.0 Å². The van der Waals surface area contributed by atoms with Gasteiger partial charge in [-0.1, -0.05) is 0 Å². The second-order valence-electron chi connectivity index (χ2n) is 12.1. The molecule has 1 aliphatic heterocycles. The summed E-state index contributed by atoms with van der Waals surface area (Å²) in [5, 5.41) is 16.9. The van der Waals surface area contributed by atoms with Crippen molar-refractivity contribution in [3.05, 3.63) is 71.9 Å². The molecule has 0 bridgehead atoms. The molecule has 1 saturated heterocycles. The number of amides is 2. The van der Waals surface area contributed by atoms with Gasteiger partial charge in [0, 0.05) is 42.3 Å². The number of likely N-dealkylation sites (N-methyl/N-ethyl adjacent to an activating group) is 1. The number of piperidine rings is 1. The summed E-state index contributed by atoms with van der Waals surface area (Å²) in [6, 6.07) is 10.1. The van der Waals surface area contributed by atoms with Crippen LogP contribution in [0, 0.1) is 18.7 Å². The number of nitrogens with zero attached hydrogens (tertiary/aromatic N) is 5. The molecular formula is C32H39FN7O4+. The fraction of sp³-hybridized carbons (Fsp3) is 0.375. The average Bonchev–Trinajstić information content (AvgIpc) is 3.41. The fourth-order valence-electron chi connectivity index (χ4n) is 5.40. The highest BCUT2D eigenvalue weighted by molar-refractivity contribution is 5.96. The molecule has 0 spiro atoms. The zero-order valence-corrected chi connectivity index (χ0v) is 25.7. The summed E-state index contributed by atoms with van der Waals surface area (Å²) in [4.78, 5) is 36.6. The van der Waals surface area contributed by atoms with Crippen LogP contribution in [0.2, 0.25) is 0 Å². The minimum Gasteiger partial charge on any atom is -0.494 e. The van der Waals surface area contributed by atoms with Gasteiger partial charge in [0.2, 0.25) is 5.91 Å². The van der Waals surface area contributed by atoms with Gasteiger partial charge in [-0.15, -0.1) is 0 Å². The maximum atomic E-state index is 14.4. The Morgan fingerprint density at radius 1 is 1.16 bits per heavy atom. The molecule has 4 aromatic rings. The van der Waals surface area contributed by atoms with Crippen LogP contribution in [0.4, 0.5) is 15.9 Å². The van der Waals surface area contributed by atoms with E-state index in [1.54, 1.807) is 47.8 Å². The van der Waals surface area contributed by atoms with Crippen molar-refractivity contribution in [1.82, 2.24) is 24.6 Å². The molecule has 3 N–H and O–H groups in total. The Morgan fingerprint density at radius 3 is 2.64 bits per heavy atom. The van der Waals surface area contributed by atoms with Gasteiger partial charge in [0.25, 0.3) is 5.91 Å². The highest BCUT2D eigenvalue weighted by atomic mass is 19.1. The Bertz CT molecular complexity index is 1680. The van der Waals surface area contributed by atoms with Crippen LogP contribution < -0.4 is 15.4 Å². The molecule has 2 atom stereocenters. The number of carbonyl (C=O) groups is 2. The molecule has 0 saturated carbocycles. The van der Waals surface area contributed by atoms with Gasteiger partial charge >= 0.3 is 0 Å². The van der Waals surface area contributed by atoms with E-state index in [1.165, 1.54) is 13.2 Å². The third-order valence-corrected chi connectivity index (χ3v) is 7.88. The van der Waals surface area contributed by atoms with Crippen molar-refractivity contribution in [2.75, 3.05) is 59.7 Å². The number of methoxy groups -OCH3 is 1. The Balaban J connectivity index is 1.25. The van der Waals surface area contributed by atoms with E-state index in [-0.39, 0.29) is 24.1 Å². The molecular weight excluding hydrogens is 565 g/mol. The summed E-state index contributed by atoms with van der Waals surface area (Å²) in [5.41, 5.74) is 3.86. The molecule has 5 rings (SSSR count). The third-order valence-electron chi connectivity index (χ3n) is 7.88. The predicted octanol–water partition coefficient (Wildman–Crippen LogP) is 3.24. The number of carbonyl (C=O) groups excluding carboxylic acids is 2. The van der Waals surface area contributed by atoms with E-state index in [0.29, 0.717) is 53.5 Å². The number of ether oxygens (including phenoxy) is 1. The van der Waals surface area contributed by atoms with E-state index in [9.17, 15) is 19.1 Å². The topological polar surface area (TPSA) is 121 Å². The first-order valence-electron chi connectivity index (χ1n) is 14.5. The number of aliphatic hydroxyl groups is 1. The number of aromatic nitrogens is 3. The number of β-amino-alcohol motifs (C(OH)–C–C–N with tert-alkyl or cyclic N) is 1. The lowest BCUT2D eigenvalue weighted by molar-refractivity contribution is -0.869. The van der Waals surface area contributed by atoms with E-state index >= 15 is 0 Å². The number of benzene rings is 2. The van der Waals surface area contributed by atoms with Gasteiger partial charge in [-0.3, -0.25) is 14.0 Å². The van der Waals surface area contributed by atoms with Crippen LogP contribution in [0.1, 0.15) is 22.3 Å². The van der Waals surface area contributed by atoms with E-state index in [1.807, 2.05) is 17.4 Å². The van der Waals surface area contributed by atoms with Gasteiger partial charge in [-0.2, -0.15) is 0 Å². The number of hydrogen-bond donors (Lipinski definition) is 3. The minimum atomic E-state index is -0.932. The monoisotopic (exact) mass is 604 g/mol. The minimum absolute atomic E-state index is 0.0952. The van der Waals surface area contributed by atoms with Crippen LogP contribution in [0.5, 0.6) is 5.75 Å². The van der Waals surface area contributed by atoms with Crippen molar-refractivity contribution < 1.29 is 28.3 Å². The first kappa shape index (κ1) is 30.9. The van der Waals surface area contributed by atoms with E-state index in [0.717, 1.165) is 16.6 Å². The molecule has 44 heavy (non-hydrogen) atoms. The number of rotatable bonds is 9. The van der Waals surface area contributed by atoms with Crippen molar-refractivity contribution >= 4 is 29.0 Å². The third kappa shape index (κ3) is 6.66. The summed E-state index contributed by atoms with van der Waals surface area (Å²) in [5.74, 6) is -0.709. The molecule has 232 valence electrons. The van der Waals surface area contributed by atoms with Gasteiger partial charge in [0.1, 0.15) is 0 Å². The van der Waals surface area contributed by atoms with Crippen LogP contribution in [0.15, 0.2) is 55.0 Å². The number of fused-ring (bicyclic) bond motifs is 1. The number of nitrogens with one attached hydrogen (secondary N) is 2. The molecule has 2 amide bonds. The number of aryl methyl sites for hydroxylation is 1. The molecule has 2 aromatic heterocycles. The van der Waals surface area contributed by atoms with Crippen LogP contribution >= 0.6 is 0 Å².